The molecular formula is C13H11F2NO3. The molecule has 4 nitrogen and oxygen atoms in total. The van der Waals surface area contributed by atoms with E-state index in [1.165, 1.54) is 6.08 Å². The standard InChI is InChI=1S/C13H11F2NO3/c14-10-6-9(11(15)5-8(10)12(18)19)13(16-7-17)3-1-2-4-13/h5-6H,1-4H2,(H,18,19). The van der Waals surface area contributed by atoms with Crippen molar-refractivity contribution in [3.8, 4) is 0 Å². The number of hydrogen-bond donors (Lipinski definition) is 1. The summed E-state index contributed by atoms with van der Waals surface area (Å²) in [6.45, 7) is 0. The van der Waals surface area contributed by atoms with Crippen molar-refractivity contribution in [2.45, 2.75) is 31.2 Å². The molecular weight excluding hydrogens is 256 g/mol. The second kappa shape index (κ2) is 4.90. The third-order valence-corrected chi connectivity index (χ3v) is 3.48. The molecule has 0 spiro atoms. The van der Waals surface area contributed by atoms with Crippen LogP contribution in [0.5, 0.6) is 0 Å². The van der Waals surface area contributed by atoms with Crippen LogP contribution in [-0.2, 0) is 10.3 Å². The van der Waals surface area contributed by atoms with E-state index in [2.05, 4.69) is 4.99 Å². The third kappa shape index (κ3) is 2.27. The molecule has 0 amide bonds. The van der Waals surface area contributed by atoms with Gasteiger partial charge in [-0.15, -0.1) is 0 Å². The Morgan fingerprint density at radius 3 is 2.42 bits per heavy atom. The summed E-state index contributed by atoms with van der Waals surface area (Å²) in [5, 5.41) is 8.72. The van der Waals surface area contributed by atoms with E-state index in [9.17, 15) is 18.4 Å². The molecule has 0 heterocycles. The molecule has 19 heavy (non-hydrogen) atoms. The number of carbonyl (C=O) groups excluding carboxylic acids is 1. The molecule has 0 atom stereocenters. The molecule has 1 N–H and O–H groups in total. The molecule has 1 aromatic rings. The first-order valence-corrected chi connectivity index (χ1v) is 5.82. The average Bonchev–Trinajstić information content (AvgIpc) is 2.81. The minimum atomic E-state index is -1.54. The highest BCUT2D eigenvalue weighted by Crippen LogP contribution is 2.43. The second-order valence-electron chi connectivity index (χ2n) is 4.56. The fraction of sp³-hybridized carbons (Fsp3) is 0.385. The van der Waals surface area contributed by atoms with Crippen LogP contribution in [0.25, 0.3) is 0 Å². The van der Waals surface area contributed by atoms with Gasteiger partial charge in [0, 0.05) is 5.56 Å². The predicted octanol–water partition coefficient (Wildman–Crippen LogP) is 2.77. The van der Waals surface area contributed by atoms with Crippen LogP contribution < -0.4 is 0 Å². The van der Waals surface area contributed by atoms with Crippen LogP contribution in [0.1, 0.15) is 41.6 Å². The van der Waals surface area contributed by atoms with Crippen molar-refractivity contribution in [2.75, 3.05) is 0 Å². The zero-order chi connectivity index (χ0) is 14.0. The van der Waals surface area contributed by atoms with Gasteiger partial charge in [-0.2, -0.15) is 4.99 Å². The molecule has 0 aromatic heterocycles. The van der Waals surface area contributed by atoms with Crippen molar-refractivity contribution < 1.29 is 23.5 Å². The number of aliphatic imine (C=N–C) groups is 1. The number of benzene rings is 1. The normalized spacial score (nSPS) is 16.9. The highest BCUT2D eigenvalue weighted by atomic mass is 19.1. The van der Waals surface area contributed by atoms with Crippen molar-refractivity contribution in [1.82, 2.24) is 0 Å². The van der Waals surface area contributed by atoms with Crippen molar-refractivity contribution in [1.29, 1.82) is 0 Å². The molecule has 0 saturated heterocycles. The smallest absolute Gasteiger partial charge is 0.338 e. The van der Waals surface area contributed by atoms with Crippen LogP contribution in [0, 0.1) is 11.6 Å². The van der Waals surface area contributed by atoms with Crippen molar-refractivity contribution in [3.63, 3.8) is 0 Å². The van der Waals surface area contributed by atoms with Crippen LogP contribution in [0.4, 0.5) is 8.78 Å². The summed E-state index contributed by atoms with van der Waals surface area (Å²) in [4.78, 5) is 24.9. The van der Waals surface area contributed by atoms with Gasteiger partial charge in [-0.1, -0.05) is 12.8 Å². The molecule has 0 radical (unpaired) electrons. The highest BCUT2D eigenvalue weighted by Gasteiger charge is 2.38. The van der Waals surface area contributed by atoms with Gasteiger partial charge < -0.3 is 5.11 Å². The Hall–Kier alpha value is -2.07. The number of carboxylic acids is 1. The lowest BCUT2D eigenvalue weighted by atomic mass is 9.87. The zero-order valence-corrected chi connectivity index (χ0v) is 9.95. The molecule has 100 valence electrons. The molecule has 2 rings (SSSR count). The zero-order valence-electron chi connectivity index (χ0n) is 9.95. The van der Waals surface area contributed by atoms with E-state index in [-0.39, 0.29) is 5.56 Å². The van der Waals surface area contributed by atoms with Gasteiger partial charge in [0.15, 0.2) is 0 Å². The Bertz CT molecular complexity index is 573. The van der Waals surface area contributed by atoms with Gasteiger partial charge >= 0.3 is 5.97 Å². The molecule has 0 unspecified atom stereocenters. The topological polar surface area (TPSA) is 66.7 Å². The molecule has 0 aliphatic heterocycles. The lowest BCUT2D eigenvalue weighted by Gasteiger charge is -2.23. The fourth-order valence-electron chi connectivity index (χ4n) is 2.56. The number of aromatic carboxylic acids is 1. The third-order valence-electron chi connectivity index (χ3n) is 3.48. The van der Waals surface area contributed by atoms with Gasteiger partial charge in [-0.25, -0.2) is 18.4 Å². The maximum Gasteiger partial charge on any atom is 0.338 e. The SMILES string of the molecule is O=C=NC1(c2cc(F)c(C(=O)O)cc2F)CCCC1. The van der Waals surface area contributed by atoms with Crippen molar-refractivity contribution in [2.24, 2.45) is 4.99 Å². The monoisotopic (exact) mass is 267 g/mol. The largest absolute Gasteiger partial charge is 0.478 e. The molecule has 1 aliphatic carbocycles. The van der Waals surface area contributed by atoms with Crippen LogP contribution in [0.3, 0.4) is 0 Å². The van der Waals surface area contributed by atoms with Crippen molar-refractivity contribution in [3.05, 3.63) is 34.9 Å². The summed E-state index contributed by atoms with van der Waals surface area (Å²) in [6, 6.07) is 1.46. The van der Waals surface area contributed by atoms with Crippen LogP contribution >= 0.6 is 0 Å². The lowest BCUT2D eigenvalue weighted by Crippen LogP contribution is -2.22. The van der Waals surface area contributed by atoms with E-state index >= 15 is 0 Å². The summed E-state index contributed by atoms with van der Waals surface area (Å²) in [7, 11) is 0. The molecule has 1 aromatic carbocycles. The Morgan fingerprint density at radius 2 is 1.89 bits per heavy atom. The minimum absolute atomic E-state index is 0.0733. The lowest BCUT2D eigenvalue weighted by molar-refractivity contribution is 0.0691. The first-order valence-electron chi connectivity index (χ1n) is 5.82. The Balaban J connectivity index is 2.59. The number of rotatable bonds is 3. The molecule has 1 fully saturated rings. The van der Waals surface area contributed by atoms with E-state index in [0.717, 1.165) is 18.9 Å². The van der Waals surface area contributed by atoms with Gasteiger partial charge in [0.25, 0.3) is 0 Å². The molecule has 1 saturated carbocycles. The Labute approximate surface area is 107 Å². The first-order chi connectivity index (χ1) is 9.00. The average molecular weight is 267 g/mol. The Morgan fingerprint density at radius 1 is 1.26 bits per heavy atom. The maximum atomic E-state index is 14.0. The number of carbonyl (C=O) groups is 1. The molecule has 1 aliphatic rings. The molecule has 0 bridgehead atoms. The van der Waals surface area contributed by atoms with E-state index < -0.39 is 28.7 Å². The van der Waals surface area contributed by atoms with Gasteiger partial charge in [-0.05, 0) is 25.0 Å². The summed E-state index contributed by atoms with van der Waals surface area (Å²) >= 11 is 0. The van der Waals surface area contributed by atoms with Crippen LogP contribution in [-0.4, -0.2) is 17.2 Å². The Kier molecular flexibility index (Phi) is 3.44. The maximum absolute atomic E-state index is 14.0. The number of carboxylic acid groups (broad SMARTS) is 1. The summed E-state index contributed by atoms with van der Waals surface area (Å²) in [5.74, 6) is -3.43. The number of hydrogen-bond acceptors (Lipinski definition) is 3. The summed E-state index contributed by atoms with van der Waals surface area (Å²) in [6.07, 6.45) is 3.73. The van der Waals surface area contributed by atoms with Gasteiger partial charge in [-0.3, -0.25) is 0 Å². The van der Waals surface area contributed by atoms with E-state index in [1.54, 1.807) is 0 Å². The van der Waals surface area contributed by atoms with Gasteiger partial charge in [0.05, 0.1) is 5.56 Å². The van der Waals surface area contributed by atoms with Gasteiger partial charge in [0.2, 0.25) is 6.08 Å². The fourth-order valence-corrected chi connectivity index (χ4v) is 2.56. The van der Waals surface area contributed by atoms with E-state index in [1.807, 2.05) is 0 Å². The molecule has 6 heteroatoms. The van der Waals surface area contributed by atoms with Crippen molar-refractivity contribution >= 4 is 12.0 Å². The highest BCUT2D eigenvalue weighted by molar-refractivity contribution is 5.88. The number of nitrogens with zero attached hydrogens (tertiary/aromatic N) is 1. The van der Waals surface area contributed by atoms with Crippen LogP contribution in [0.2, 0.25) is 0 Å². The first kappa shape index (κ1) is 13.4. The van der Waals surface area contributed by atoms with Gasteiger partial charge in [0.1, 0.15) is 17.2 Å². The summed E-state index contributed by atoms with van der Waals surface area (Å²) in [5.41, 5.74) is -1.91. The number of isocyanates is 1. The summed E-state index contributed by atoms with van der Waals surface area (Å²) < 4.78 is 27.6. The van der Waals surface area contributed by atoms with E-state index in [0.29, 0.717) is 18.9 Å². The van der Waals surface area contributed by atoms with E-state index in [4.69, 9.17) is 5.11 Å². The second-order valence-corrected chi connectivity index (χ2v) is 4.56. The number of halogens is 2. The minimum Gasteiger partial charge on any atom is -0.478 e. The van der Waals surface area contributed by atoms with Crippen LogP contribution in [0.15, 0.2) is 17.1 Å². The predicted molar refractivity (Wildman–Crippen MR) is 61.6 cm³/mol. The quantitative estimate of drug-likeness (QED) is 0.676.